The average Bonchev–Trinajstić information content (AvgIpc) is 2.57. The Kier molecular flexibility index (Phi) is 6.54. The van der Waals surface area contributed by atoms with E-state index in [-0.39, 0.29) is 34.9 Å². The Morgan fingerprint density at radius 3 is 2.68 bits per heavy atom. The predicted octanol–water partition coefficient (Wildman–Crippen LogP) is 0.544. The Balaban J connectivity index is 1.88. The van der Waals surface area contributed by atoms with Crippen LogP contribution >= 0.6 is 11.6 Å². The average molecular weight is 372 g/mol. The van der Waals surface area contributed by atoms with E-state index in [0.29, 0.717) is 32.8 Å². The SMILES string of the molecule is CCOC(=O)N1CC[NH+](CC(=O)Nc2ccc(Cl)cc2[N+](=O)[O-])CC1. The van der Waals surface area contributed by atoms with Gasteiger partial charge in [0.05, 0.1) is 37.7 Å². The highest BCUT2D eigenvalue weighted by Crippen LogP contribution is 2.27. The highest BCUT2D eigenvalue weighted by atomic mass is 35.5. The second-order valence-corrected chi connectivity index (χ2v) is 6.02. The van der Waals surface area contributed by atoms with Gasteiger partial charge >= 0.3 is 6.09 Å². The summed E-state index contributed by atoms with van der Waals surface area (Å²) in [5.74, 6) is -0.329. The van der Waals surface area contributed by atoms with Gasteiger partial charge in [-0.3, -0.25) is 19.8 Å². The van der Waals surface area contributed by atoms with Crippen LogP contribution in [0.1, 0.15) is 6.92 Å². The van der Waals surface area contributed by atoms with Crippen molar-refractivity contribution < 1.29 is 24.1 Å². The third-order valence-corrected chi connectivity index (χ3v) is 4.07. The fraction of sp³-hybridized carbons (Fsp3) is 0.467. The number of nitrogens with one attached hydrogen (secondary N) is 2. The van der Waals surface area contributed by atoms with Crippen molar-refractivity contribution in [2.24, 2.45) is 0 Å². The van der Waals surface area contributed by atoms with Gasteiger partial charge < -0.3 is 15.0 Å². The van der Waals surface area contributed by atoms with Crippen molar-refractivity contribution in [2.75, 3.05) is 44.6 Å². The standard InChI is InChI=1S/C15H19ClN4O5/c1-2-25-15(22)19-7-5-18(6-8-19)10-14(21)17-12-4-3-11(16)9-13(12)20(23)24/h3-4,9H,2,5-8,10H2,1H3,(H,17,21)/p+1. The molecule has 1 fully saturated rings. The topological polar surface area (TPSA) is 106 Å². The molecule has 1 aliphatic heterocycles. The van der Waals surface area contributed by atoms with Crippen LogP contribution in [-0.4, -0.2) is 61.2 Å². The number of carbonyl (C=O) groups is 2. The lowest BCUT2D eigenvalue weighted by Crippen LogP contribution is -3.15. The summed E-state index contributed by atoms with van der Waals surface area (Å²) in [5, 5.41) is 13.8. The van der Waals surface area contributed by atoms with Gasteiger partial charge in [-0.05, 0) is 19.1 Å². The van der Waals surface area contributed by atoms with Crippen LogP contribution in [0.4, 0.5) is 16.2 Å². The lowest BCUT2D eigenvalue weighted by atomic mass is 10.2. The number of ether oxygens (including phenoxy) is 1. The van der Waals surface area contributed by atoms with Gasteiger partial charge in [0.15, 0.2) is 6.54 Å². The van der Waals surface area contributed by atoms with E-state index in [0.717, 1.165) is 4.90 Å². The number of hydrogen-bond donors (Lipinski definition) is 2. The van der Waals surface area contributed by atoms with Crippen LogP contribution in [0.5, 0.6) is 0 Å². The minimum atomic E-state index is -0.591. The molecule has 0 spiro atoms. The smallest absolute Gasteiger partial charge is 0.410 e. The number of hydrogen-bond acceptors (Lipinski definition) is 5. The number of halogens is 1. The van der Waals surface area contributed by atoms with Gasteiger partial charge in [-0.25, -0.2) is 4.79 Å². The van der Waals surface area contributed by atoms with E-state index in [1.165, 1.54) is 18.2 Å². The molecular weight excluding hydrogens is 352 g/mol. The third-order valence-electron chi connectivity index (χ3n) is 3.84. The third kappa shape index (κ3) is 5.30. The number of piperazine rings is 1. The molecule has 0 aliphatic carbocycles. The molecule has 0 unspecified atom stereocenters. The monoisotopic (exact) mass is 371 g/mol. The Morgan fingerprint density at radius 2 is 2.08 bits per heavy atom. The molecule has 25 heavy (non-hydrogen) atoms. The molecule has 1 heterocycles. The lowest BCUT2D eigenvalue weighted by molar-refractivity contribution is -0.895. The van der Waals surface area contributed by atoms with Crippen LogP contribution in [0.25, 0.3) is 0 Å². The Morgan fingerprint density at radius 1 is 1.40 bits per heavy atom. The largest absolute Gasteiger partial charge is 0.450 e. The molecule has 1 aromatic carbocycles. The minimum Gasteiger partial charge on any atom is -0.450 e. The first kappa shape index (κ1) is 18.9. The van der Waals surface area contributed by atoms with E-state index in [1.54, 1.807) is 11.8 Å². The Bertz CT molecular complexity index is 661. The molecule has 2 rings (SSSR count). The van der Waals surface area contributed by atoms with E-state index in [9.17, 15) is 19.7 Å². The number of anilines is 1. The zero-order chi connectivity index (χ0) is 18.4. The number of rotatable bonds is 5. The molecule has 2 amide bonds. The highest BCUT2D eigenvalue weighted by Gasteiger charge is 2.26. The summed E-state index contributed by atoms with van der Waals surface area (Å²) in [7, 11) is 0. The molecule has 0 saturated carbocycles. The lowest BCUT2D eigenvalue weighted by Gasteiger charge is -2.31. The number of quaternary nitrogens is 1. The van der Waals surface area contributed by atoms with Crippen LogP contribution in [0.15, 0.2) is 18.2 Å². The minimum absolute atomic E-state index is 0.115. The summed E-state index contributed by atoms with van der Waals surface area (Å²) >= 11 is 5.75. The van der Waals surface area contributed by atoms with Crippen LogP contribution < -0.4 is 10.2 Å². The number of nitro groups is 1. The first-order chi connectivity index (χ1) is 11.9. The van der Waals surface area contributed by atoms with Crippen molar-refractivity contribution in [3.63, 3.8) is 0 Å². The molecule has 2 N–H and O–H groups in total. The Labute approximate surface area is 149 Å². The van der Waals surface area contributed by atoms with Gasteiger partial charge in [0, 0.05) is 11.1 Å². The maximum Gasteiger partial charge on any atom is 0.410 e. The van der Waals surface area contributed by atoms with Crippen molar-refractivity contribution in [3.8, 4) is 0 Å². The van der Waals surface area contributed by atoms with Gasteiger partial charge in [0.1, 0.15) is 5.69 Å². The molecular formula is C15H20ClN4O5+. The first-order valence-corrected chi connectivity index (χ1v) is 8.27. The van der Waals surface area contributed by atoms with Gasteiger partial charge in [0.2, 0.25) is 0 Å². The summed E-state index contributed by atoms with van der Waals surface area (Å²) in [5.41, 5.74) is -0.132. The summed E-state index contributed by atoms with van der Waals surface area (Å²) in [6.07, 6.45) is -0.345. The molecule has 1 aromatic rings. The number of carbonyl (C=O) groups excluding carboxylic acids is 2. The van der Waals surface area contributed by atoms with Gasteiger partial charge in [-0.1, -0.05) is 11.6 Å². The molecule has 0 bridgehead atoms. The zero-order valence-electron chi connectivity index (χ0n) is 13.8. The quantitative estimate of drug-likeness (QED) is 0.580. The van der Waals surface area contributed by atoms with Crippen molar-refractivity contribution in [1.82, 2.24) is 4.90 Å². The predicted molar refractivity (Wildman–Crippen MR) is 90.9 cm³/mol. The molecule has 1 aliphatic rings. The van der Waals surface area contributed by atoms with Crippen molar-refractivity contribution in [2.45, 2.75) is 6.92 Å². The fourth-order valence-electron chi connectivity index (χ4n) is 2.58. The molecule has 9 nitrogen and oxygen atoms in total. The van der Waals surface area contributed by atoms with E-state index in [1.807, 2.05) is 0 Å². The van der Waals surface area contributed by atoms with E-state index in [4.69, 9.17) is 16.3 Å². The number of benzene rings is 1. The van der Waals surface area contributed by atoms with E-state index >= 15 is 0 Å². The summed E-state index contributed by atoms with van der Waals surface area (Å²) in [6.45, 7) is 4.46. The van der Waals surface area contributed by atoms with Crippen molar-refractivity contribution in [3.05, 3.63) is 33.3 Å². The van der Waals surface area contributed by atoms with Crippen molar-refractivity contribution in [1.29, 1.82) is 0 Å². The van der Waals surface area contributed by atoms with Gasteiger partial charge in [-0.15, -0.1) is 0 Å². The normalized spacial score (nSPS) is 14.9. The molecule has 0 radical (unpaired) electrons. The van der Waals surface area contributed by atoms with E-state index < -0.39 is 4.92 Å². The number of nitro benzene ring substituents is 1. The van der Waals surface area contributed by atoms with Gasteiger partial charge in [0.25, 0.3) is 11.6 Å². The van der Waals surface area contributed by atoms with E-state index in [2.05, 4.69) is 5.32 Å². The molecule has 1 saturated heterocycles. The summed E-state index contributed by atoms with van der Waals surface area (Å²) < 4.78 is 4.95. The first-order valence-electron chi connectivity index (χ1n) is 7.89. The zero-order valence-corrected chi connectivity index (χ0v) is 14.5. The molecule has 0 aromatic heterocycles. The molecule has 136 valence electrons. The summed E-state index contributed by atoms with van der Waals surface area (Å²) in [4.78, 5) is 36.9. The van der Waals surface area contributed by atoms with Gasteiger partial charge in [-0.2, -0.15) is 0 Å². The highest BCUT2D eigenvalue weighted by molar-refractivity contribution is 6.31. The second kappa shape index (κ2) is 8.63. The summed E-state index contributed by atoms with van der Waals surface area (Å²) in [6, 6.07) is 4.09. The fourth-order valence-corrected chi connectivity index (χ4v) is 2.75. The molecule has 10 heteroatoms. The number of amides is 2. The Hall–Kier alpha value is -2.39. The molecule has 0 atom stereocenters. The maximum absolute atomic E-state index is 12.2. The van der Waals surface area contributed by atoms with Crippen LogP contribution in [0, 0.1) is 10.1 Å². The van der Waals surface area contributed by atoms with Crippen molar-refractivity contribution >= 4 is 35.0 Å². The van der Waals surface area contributed by atoms with Crippen LogP contribution in [0.3, 0.4) is 0 Å². The second-order valence-electron chi connectivity index (χ2n) is 5.58. The number of nitrogens with zero attached hydrogens (tertiary/aromatic N) is 2. The van der Waals surface area contributed by atoms with Crippen LogP contribution in [0.2, 0.25) is 5.02 Å². The van der Waals surface area contributed by atoms with Crippen LogP contribution in [-0.2, 0) is 9.53 Å². The maximum atomic E-state index is 12.2.